The van der Waals surface area contributed by atoms with Crippen LogP contribution in [0.1, 0.15) is 63.1 Å². The zero-order valence-electron chi connectivity index (χ0n) is 24.7. The van der Waals surface area contributed by atoms with Gasteiger partial charge in [-0.2, -0.15) is 0 Å². The van der Waals surface area contributed by atoms with E-state index in [2.05, 4.69) is 10.3 Å². The molecule has 3 aliphatic rings. The third kappa shape index (κ3) is 6.50. The lowest BCUT2D eigenvalue weighted by molar-refractivity contribution is -0.125. The van der Waals surface area contributed by atoms with Gasteiger partial charge in [0.15, 0.2) is 0 Å². The molecule has 0 radical (unpaired) electrons. The molecule has 1 aromatic rings. The molecule has 0 saturated carbocycles. The summed E-state index contributed by atoms with van der Waals surface area (Å²) in [6.45, 7) is 9.94. The Balaban J connectivity index is 1.39. The molecule has 2 fully saturated rings. The van der Waals surface area contributed by atoms with Crippen LogP contribution in [0.4, 0.5) is 15.3 Å². The van der Waals surface area contributed by atoms with Crippen LogP contribution in [0.2, 0.25) is 0 Å². The first-order valence-electron chi connectivity index (χ1n) is 14.0. The highest BCUT2D eigenvalue weighted by molar-refractivity contribution is 7.89. The molecule has 1 atom stereocenters. The summed E-state index contributed by atoms with van der Waals surface area (Å²) in [6.07, 6.45) is 0.585. The standard InChI is InChI=1S/C28H41N5O7S/c1-18-16-20(31(6)26(37)40-27(3,4)5)17-19(2)21(18)9-15-41(38,39)32-13-10-28(11-14-32)24(34)29-23(30-28)22-8-7-12-33(22)25(35)36/h16-17,22H,7-15H2,1-6H3,(H,35,36)(H,29,30,34). The van der Waals surface area contributed by atoms with E-state index in [1.807, 2.05) is 26.0 Å². The van der Waals surface area contributed by atoms with E-state index in [1.54, 1.807) is 27.8 Å². The summed E-state index contributed by atoms with van der Waals surface area (Å²) in [7, 11) is -1.96. The molecule has 41 heavy (non-hydrogen) atoms. The number of amides is 3. The predicted octanol–water partition coefficient (Wildman–Crippen LogP) is 3.05. The smallest absolute Gasteiger partial charge is 0.414 e. The number of benzene rings is 1. The fourth-order valence-electron chi connectivity index (χ4n) is 5.81. The Morgan fingerprint density at radius 1 is 1.17 bits per heavy atom. The van der Waals surface area contributed by atoms with Gasteiger partial charge in [-0.25, -0.2) is 22.3 Å². The van der Waals surface area contributed by atoms with Gasteiger partial charge >= 0.3 is 12.2 Å². The van der Waals surface area contributed by atoms with Crippen LogP contribution in [-0.4, -0.2) is 96.3 Å². The monoisotopic (exact) mass is 591 g/mol. The Morgan fingerprint density at radius 2 is 1.78 bits per heavy atom. The molecule has 4 rings (SSSR count). The minimum absolute atomic E-state index is 0.0840. The second-order valence-electron chi connectivity index (χ2n) is 12.2. The lowest BCUT2D eigenvalue weighted by atomic mass is 9.89. The van der Waals surface area contributed by atoms with Gasteiger partial charge in [0.25, 0.3) is 5.91 Å². The normalized spacial score (nSPS) is 21.1. The SMILES string of the molecule is Cc1cc(N(C)C(=O)OC(C)(C)C)cc(C)c1CCS(=O)(=O)N1CCC2(CC1)N=C(C1CCCN1C(=O)O)NC2=O. The third-order valence-corrected chi connectivity index (χ3v) is 9.97. The van der Waals surface area contributed by atoms with E-state index in [0.717, 1.165) is 16.7 Å². The van der Waals surface area contributed by atoms with E-state index in [4.69, 9.17) is 4.74 Å². The second kappa shape index (κ2) is 11.2. The van der Waals surface area contributed by atoms with E-state index >= 15 is 0 Å². The van der Waals surface area contributed by atoms with E-state index < -0.39 is 39.4 Å². The number of aliphatic imine (C=N–C) groups is 1. The molecule has 1 aromatic carbocycles. The fourth-order valence-corrected chi connectivity index (χ4v) is 7.27. The Hall–Kier alpha value is -3.19. The molecular formula is C28H41N5O7S. The van der Waals surface area contributed by atoms with Crippen molar-refractivity contribution < 1.29 is 32.6 Å². The number of likely N-dealkylation sites (tertiary alicyclic amines) is 1. The molecule has 2 N–H and O–H groups in total. The highest BCUT2D eigenvalue weighted by Gasteiger charge is 2.49. The molecule has 3 amide bonds. The first-order valence-corrected chi connectivity index (χ1v) is 15.6. The van der Waals surface area contributed by atoms with Gasteiger partial charge < -0.3 is 15.2 Å². The predicted molar refractivity (Wildman–Crippen MR) is 155 cm³/mol. The number of ether oxygens (including phenoxy) is 1. The van der Waals surface area contributed by atoms with E-state index in [9.17, 15) is 27.9 Å². The molecular weight excluding hydrogens is 550 g/mol. The van der Waals surface area contributed by atoms with E-state index in [1.165, 1.54) is 14.1 Å². The molecule has 3 aliphatic heterocycles. The van der Waals surface area contributed by atoms with Crippen molar-refractivity contribution in [3.05, 3.63) is 28.8 Å². The Labute approximate surface area is 241 Å². The van der Waals surface area contributed by atoms with Gasteiger partial charge in [0.05, 0.1) is 11.8 Å². The first-order chi connectivity index (χ1) is 19.0. The number of carboxylic acid groups (broad SMARTS) is 1. The number of anilines is 1. The van der Waals surface area contributed by atoms with Crippen molar-refractivity contribution in [1.82, 2.24) is 14.5 Å². The maximum atomic E-state index is 13.3. The highest BCUT2D eigenvalue weighted by atomic mass is 32.2. The number of nitrogens with one attached hydrogen (secondary N) is 1. The molecule has 0 aliphatic carbocycles. The number of amidine groups is 1. The lowest BCUT2D eigenvalue weighted by Crippen LogP contribution is -2.51. The number of sulfonamides is 1. The summed E-state index contributed by atoms with van der Waals surface area (Å²) in [4.78, 5) is 44.4. The minimum Gasteiger partial charge on any atom is -0.465 e. The Morgan fingerprint density at radius 3 is 2.34 bits per heavy atom. The van der Waals surface area contributed by atoms with E-state index in [0.29, 0.717) is 37.3 Å². The van der Waals surface area contributed by atoms with Crippen molar-refractivity contribution >= 4 is 39.6 Å². The average molecular weight is 592 g/mol. The average Bonchev–Trinajstić information content (AvgIpc) is 3.47. The van der Waals surface area contributed by atoms with Gasteiger partial charge in [0, 0.05) is 32.4 Å². The van der Waals surface area contributed by atoms with Crippen molar-refractivity contribution in [3.63, 3.8) is 0 Å². The number of aryl methyl sites for hydroxylation is 2. The number of rotatable bonds is 6. The van der Waals surface area contributed by atoms with Gasteiger partial charge in [0.1, 0.15) is 17.0 Å². The molecule has 1 unspecified atom stereocenters. The first kappa shape index (κ1) is 30.8. The summed E-state index contributed by atoms with van der Waals surface area (Å²) in [5, 5.41) is 12.3. The molecule has 13 heteroatoms. The van der Waals surface area contributed by atoms with Crippen molar-refractivity contribution in [1.29, 1.82) is 0 Å². The maximum Gasteiger partial charge on any atom is 0.414 e. The molecule has 3 heterocycles. The van der Waals surface area contributed by atoms with Crippen molar-refractivity contribution in [2.24, 2.45) is 4.99 Å². The molecule has 1 spiro atoms. The van der Waals surface area contributed by atoms with Crippen LogP contribution in [-0.2, 0) is 26.0 Å². The van der Waals surface area contributed by atoms with Crippen LogP contribution in [0.25, 0.3) is 0 Å². The van der Waals surface area contributed by atoms with Crippen LogP contribution in [0.3, 0.4) is 0 Å². The molecule has 12 nitrogen and oxygen atoms in total. The quantitative estimate of drug-likeness (QED) is 0.516. The highest BCUT2D eigenvalue weighted by Crippen LogP contribution is 2.34. The molecule has 226 valence electrons. The number of hydrogen-bond acceptors (Lipinski definition) is 7. The van der Waals surface area contributed by atoms with Gasteiger partial charge in [0.2, 0.25) is 10.0 Å². The van der Waals surface area contributed by atoms with Crippen LogP contribution in [0, 0.1) is 13.8 Å². The molecule has 2 saturated heterocycles. The van der Waals surface area contributed by atoms with Crippen LogP contribution < -0.4 is 10.2 Å². The van der Waals surface area contributed by atoms with Crippen molar-refractivity contribution in [2.75, 3.05) is 37.3 Å². The van der Waals surface area contributed by atoms with Gasteiger partial charge in [-0.15, -0.1) is 0 Å². The van der Waals surface area contributed by atoms with Crippen LogP contribution >= 0.6 is 0 Å². The summed E-state index contributed by atoms with van der Waals surface area (Å²) in [5.41, 5.74) is 1.67. The lowest BCUT2D eigenvalue weighted by Gasteiger charge is -2.34. The number of nitrogens with zero attached hydrogens (tertiary/aromatic N) is 4. The summed E-state index contributed by atoms with van der Waals surface area (Å²) >= 11 is 0. The largest absolute Gasteiger partial charge is 0.465 e. The third-order valence-electron chi connectivity index (χ3n) is 8.10. The van der Waals surface area contributed by atoms with Crippen LogP contribution in [0.15, 0.2) is 17.1 Å². The van der Waals surface area contributed by atoms with Crippen molar-refractivity contribution in [3.8, 4) is 0 Å². The van der Waals surface area contributed by atoms with Crippen molar-refractivity contribution in [2.45, 2.75) is 83.9 Å². The number of carbonyl (C=O) groups excluding carboxylic acids is 2. The van der Waals surface area contributed by atoms with Crippen LogP contribution in [0.5, 0.6) is 0 Å². The zero-order valence-corrected chi connectivity index (χ0v) is 25.5. The van der Waals surface area contributed by atoms with Gasteiger partial charge in [-0.3, -0.25) is 19.6 Å². The maximum absolute atomic E-state index is 13.3. The number of piperidine rings is 1. The molecule has 0 bridgehead atoms. The van der Waals surface area contributed by atoms with Gasteiger partial charge in [-0.1, -0.05) is 0 Å². The topological polar surface area (TPSA) is 149 Å². The summed E-state index contributed by atoms with van der Waals surface area (Å²) < 4.78 is 33.5. The number of carbonyl (C=O) groups is 3. The van der Waals surface area contributed by atoms with E-state index in [-0.39, 0.29) is 37.6 Å². The van der Waals surface area contributed by atoms with Gasteiger partial charge in [-0.05, 0) is 95.5 Å². The summed E-state index contributed by atoms with van der Waals surface area (Å²) in [6, 6.07) is 3.24. The Kier molecular flexibility index (Phi) is 8.43. The Bertz CT molecular complexity index is 1340. The zero-order chi connectivity index (χ0) is 30.3. The molecule has 0 aromatic heterocycles. The number of hydrogen-bond donors (Lipinski definition) is 2. The minimum atomic E-state index is -3.61. The fraction of sp³-hybridized carbons (Fsp3) is 0.643. The summed E-state index contributed by atoms with van der Waals surface area (Å²) in [5.74, 6) is 0.00151. The second-order valence-corrected chi connectivity index (χ2v) is 14.3.